The van der Waals surface area contributed by atoms with Crippen molar-refractivity contribution in [3.63, 3.8) is 0 Å². The maximum absolute atomic E-state index is 12.4. The van der Waals surface area contributed by atoms with Crippen LogP contribution in [0.25, 0.3) is 0 Å². The maximum atomic E-state index is 12.4. The summed E-state index contributed by atoms with van der Waals surface area (Å²) in [5.41, 5.74) is 1.65. The standard InChI is InChI=1S/C21H20N4O3/c26-20-10-16(14-25(20)17-12-23-24-13-17)21(27)22-11-15-6-8-19(9-7-15)28-18-4-2-1-3-5-18/h1-9,12-13,16H,10-11,14H2,(H,22,27)(H,23,24). The van der Waals surface area contributed by atoms with Gasteiger partial charge in [0.05, 0.1) is 17.8 Å². The van der Waals surface area contributed by atoms with E-state index in [0.29, 0.717) is 18.8 Å². The van der Waals surface area contributed by atoms with Gasteiger partial charge in [0, 0.05) is 25.7 Å². The van der Waals surface area contributed by atoms with Gasteiger partial charge in [0.15, 0.2) is 0 Å². The number of nitrogens with zero attached hydrogens (tertiary/aromatic N) is 2. The predicted molar refractivity (Wildman–Crippen MR) is 104 cm³/mol. The number of aromatic nitrogens is 2. The zero-order chi connectivity index (χ0) is 19.3. The maximum Gasteiger partial charge on any atom is 0.227 e. The van der Waals surface area contributed by atoms with E-state index in [4.69, 9.17) is 4.74 Å². The lowest BCUT2D eigenvalue weighted by atomic mass is 10.1. The number of benzene rings is 2. The Kier molecular flexibility index (Phi) is 5.05. The second kappa shape index (κ2) is 7.96. The zero-order valence-corrected chi connectivity index (χ0v) is 15.2. The fourth-order valence-corrected chi connectivity index (χ4v) is 3.16. The number of carbonyl (C=O) groups excluding carboxylic acids is 2. The summed E-state index contributed by atoms with van der Waals surface area (Å²) in [5.74, 6) is 0.964. The van der Waals surface area contributed by atoms with E-state index in [2.05, 4.69) is 15.5 Å². The van der Waals surface area contributed by atoms with Crippen molar-refractivity contribution >= 4 is 17.5 Å². The molecule has 1 saturated heterocycles. The molecule has 2 N–H and O–H groups in total. The normalized spacial score (nSPS) is 16.2. The van der Waals surface area contributed by atoms with Gasteiger partial charge in [-0.05, 0) is 29.8 Å². The molecule has 1 unspecified atom stereocenters. The highest BCUT2D eigenvalue weighted by Gasteiger charge is 2.35. The molecule has 2 aromatic carbocycles. The molecule has 1 aliphatic heterocycles. The number of aromatic amines is 1. The Hall–Kier alpha value is -3.61. The molecule has 142 valence electrons. The molecule has 0 aliphatic carbocycles. The Balaban J connectivity index is 1.29. The monoisotopic (exact) mass is 376 g/mol. The topological polar surface area (TPSA) is 87.3 Å². The third-order valence-electron chi connectivity index (χ3n) is 4.66. The lowest BCUT2D eigenvalue weighted by molar-refractivity contribution is -0.126. The van der Waals surface area contributed by atoms with E-state index in [1.165, 1.54) is 0 Å². The van der Waals surface area contributed by atoms with Crippen molar-refractivity contribution in [1.29, 1.82) is 0 Å². The lowest BCUT2D eigenvalue weighted by Crippen LogP contribution is -2.32. The Morgan fingerprint density at radius 2 is 1.89 bits per heavy atom. The molecule has 7 heteroatoms. The molecule has 4 rings (SSSR count). The van der Waals surface area contributed by atoms with Crippen LogP contribution in [0.1, 0.15) is 12.0 Å². The van der Waals surface area contributed by atoms with Crippen LogP contribution >= 0.6 is 0 Å². The second-order valence-corrected chi connectivity index (χ2v) is 6.64. The van der Waals surface area contributed by atoms with Crippen molar-refractivity contribution in [1.82, 2.24) is 15.5 Å². The quantitative estimate of drug-likeness (QED) is 0.693. The number of anilines is 1. The molecule has 1 atom stereocenters. The average Bonchev–Trinajstić information content (AvgIpc) is 3.37. The van der Waals surface area contributed by atoms with Crippen LogP contribution in [0.5, 0.6) is 11.5 Å². The van der Waals surface area contributed by atoms with Gasteiger partial charge in [-0.25, -0.2) is 0 Å². The van der Waals surface area contributed by atoms with Crippen molar-refractivity contribution in [2.45, 2.75) is 13.0 Å². The first-order valence-corrected chi connectivity index (χ1v) is 9.08. The minimum atomic E-state index is -0.358. The smallest absolute Gasteiger partial charge is 0.227 e. The molecule has 2 amide bonds. The SMILES string of the molecule is O=C(NCc1ccc(Oc2ccccc2)cc1)C1CC(=O)N(c2cn[nH]c2)C1. The molecule has 0 radical (unpaired) electrons. The predicted octanol–water partition coefficient (Wildman–Crippen LogP) is 2.87. The highest BCUT2D eigenvalue weighted by atomic mass is 16.5. The number of rotatable bonds is 6. The molecule has 2 heterocycles. The van der Waals surface area contributed by atoms with E-state index < -0.39 is 0 Å². The molecular formula is C21H20N4O3. The molecule has 0 bridgehead atoms. The number of hydrogen-bond donors (Lipinski definition) is 2. The number of ether oxygens (including phenoxy) is 1. The first-order valence-electron chi connectivity index (χ1n) is 9.08. The van der Waals surface area contributed by atoms with E-state index in [1.807, 2.05) is 54.6 Å². The molecule has 7 nitrogen and oxygen atoms in total. The van der Waals surface area contributed by atoms with Crippen LogP contribution in [0.2, 0.25) is 0 Å². The number of nitrogens with one attached hydrogen (secondary N) is 2. The van der Waals surface area contributed by atoms with Gasteiger partial charge in [-0.2, -0.15) is 5.10 Å². The average molecular weight is 376 g/mol. The fourth-order valence-electron chi connectivity index (χ4n) is 3.16. The summed E-state index contributed by atoms with van der Waals surface area (Å²) >= 11 is 0. The summed E-state index contributed by atoms with van der Waals surface area (Å²) in [6, 6.07) is 17.1. The van der Waals surface area contributed by atoms with Crippen molar-refractivity contribution in [3.8, 4) is 11.5 Å². The van der Waals surface area contributed by atoms with Gasteiger partial charge < -0.3 is 15.0 Å². The van der Waals surface area contributed by atoms with Crippen LogP contribution in [-0.2, 0) is 16.1 Å². The van der Waals surface area contributed by atoms with Gasteiger partial charge in [-0.3, -0.25) is 14.7 Å². The molecule has 28 heavy (non-hydrogen) atoms. The van der Waals surface area contributed by atoms with Crippen molar-refractivity contribution < 1.29 is 14.3 Å². The minimum Gasteiger partial charge on any atom is -0.457 e. The van der Waals surface area contributed by atoms with E-state index in [9.17, 15) is 9.59 Å². The first kappa shape index (κ1) is 17.8. The van der Waals surface area contributed by atoms with Gasteiger partial charge in [-0.15, -0.1) is 0 Å². The molecule has 1 fully saturated rings. The summed E-state index contributed by atoms with van der Waals surface area (Å²) in [7, 11) is 0. The Labute approximate surface area is 162 Å². The van der Waals surface area contributed by atoms with Crippen LogP contribution in [-0.4, -0.2) is 28.6 Å². The molecular weight excluding hydrogens is 356 g/mol. The fraction of sp³-hybridized carbons (Fsp3) is 0.190. The first-order chi connectivity index (χ1) is 13.7. The van der Waals surface area contributed by atoms with E-state index in [-0.39, 0.29) is 24.2 Å². The third kappa shape index (κ3) is 4.03. The Morgan fingerprint density at radius 3 is 2.61 bits per heavy atom. The summed E-state index contributed by atoms with van der Waals surface area (Å²) in [4.78, 5) is 26.2. The highest BCUT2D eigenvalue weighted by Crippen LogP contribution is 2.24. The van der Waals surface area contributed by atoms with Gasteiger partial charge in [-0.1, -0.05) is 30.3 Å². The molecule has 1 aliphatic rings. The number of carbonyl (C=O) groups is 2. The van der Waals surface area contributed by atoms with Crippen LogP contribution in [0.3, 0.4) is 0 Å². The minimum absolute atomic E-state index is 0.0658. The molecule has 3 aromatic rings. The van der Waals surface area contributed by atoms with Gasteiger partial charge in [0.1, 0.15) is 11.5 Å². The van der Waals surface area contributed by atoms with Crippen LogP contribution in [0, 0.1) is 5.92 Å². The molecule has 0 saturated carbocycles. The van der Waals surface area contributed by atoms with Crippen LogP contribution in [0.4, 0.5) is 5.69 Å². The largest absolute Gasteiger partial charge is 0.457 e. The summed E-state index contributed by atoms with van der Waals surface area (Å²) in [5, 5.41) is 9.45. The van der Waals surface area contributed by atoms with Gasteiger partial charge >= 0.3 is 0 Å². The van der Waals surface area contributed by atoms with E-state index in [0.717, 1.165) is 17.1 Å². The van der Waals surface area contributed by atoms with Gasteiger partial charge in [0.2, 0.25) is 11.8 Å². The number of hydrogen-bond acceptors (Lipinski definition) is 4. The number of para-hydroxylation sites is 1. The number of H-pyrrole nitrogens is 1. The molecule has 0 spiro atoms. The van der Waals surface area contributed by atoms with Crippen molar-refractivity contribution in [3.05, 3.63) is 72.6 Å². The molecule has 1 aromatic heterocycles. The van der Waals surface area contributed by atoms with E-state index >= 15 is 0 Å². The second-order valence-electron chi connectivity index (χ2n) is 6.64. The Bertz CT molecular complexity index is 940. The summed E-state index contributed by atoms with van der Waals surface area (Å²) in [6.07, 6.45) is 3.44. The van der Waals surface area contributed by atoms with Crippen LogP contribution in [0.15, 0.2) is 67.0 Å². The van der Waals surface area contributed by atoms with E-state index in [1.54, 1.807) is 17.3 Å². The zero-order valence-electron chi connectivity index (χ0n) is 15.2. The Morgan fingerprint density at radius 1 is 1.14 bits per heavy atom. The van der Waals surface area contributed by atoms with Crippen molar-refractivity contribution in [2.75, 3.05) is 11.4 Å². The third-order valence-corrected chi connectivity index (χ3v) is 4.66. The number of amides is 2. The van der Waals surface area contributed by atoms with Crippen molar-refractivity contribution in [2.24, 2.45) is 5.92 Å². The lowest BCUT2D eigenvalue weighted by Gasteiger charge is -2.14. The van der Waals surface area contributed by atoms with Gasteiger partial charge in [0.25, 0.3) is 0 Å². The van der Waals surface area contributed by atoms with Crippen LogP contribution < -0.4 is 15.0 Å². The summed E-state index contributed by atoms with van der Waals surface area (Å²) < 4.78 is 5.76. The highest BCUT2D eigenvalue weighted by molar-refractivity contribution is 6.00. The summed E-state index contributed by atoms with van der Waals surface area (Å²) in [6.45, 7) is 0.773.